The van der Waals surface area contributed by atoms with Crippen LogP contribution in [0.25, 0.3) is 0 Å². The summed E-state index contributed by atoms with van der Waals surface area (Å²) in [6.07, 6.45) is 0.627. The first-order valence-corrected chi connectivity index (χ1v) is 10.5. The van der Waals surface area contributed by atoms with Gasteiger partial charge in [0.1, 0.15) is 0 Å². The van der Waals surface area contributed by atoms with E-state index in [-0.39, 0.29) is 17.3 Å². The number of ether oxygens (including phenoxy) is 3. The average Bonchev–Trinajstić information content (AvgIpc) is 3.14. The second-order valence-corrected chi connectivity index (χ2v) is 8.30. The molecular formula is C20H24N2O6S. The molecule has 0 aromatic heterocycles. The molecule has 0 bridgehead atoms. The number of nitrogens with one attached hydrogen (secondary N) is 1. The molecule has 2 aromatic carbocycles. The average molecular weight is 420 g/mol. The molecule has 3 rings (SSSR count). The van der Waals surface area contributed by atoms with Gasteiger partial charge in [-0.1, -0.05) is 6.07 Å². The molecule has 1 N–H and O–H groups in total. The minimum Gasteiger partial charge on any atom is -0.493 e. The number of sulfonamides is 1. The highest BCUT2D eigenvalue weighted by Crippen LogP contribution is 2.39. The van der Waals surface area contributed by atoms with E-state index in [9.17, 15) is 13.2 Å². The number of carbonyl (C=O) groups excluding carboxylic acids is 1. The number of rotatable bonds is 7. The van der Waals surface area contributed by atoms with Crippen LogP contribution < -0.4 is 23.8 Å². The maximum Gasteiger partial charge on any atom is 0.240 e. The number of anilines is 1. The highest BCUT2D eigenvalue weighted by atomic mass is 32.2. The molecule has 2 aromatic rings. The molecule has 1 amide bonds. The van der Waals surface area contributed by atoms with Crippen molar-refractivity contribution in [3.8, 4) is 17.2 Å². The lowest BCUT2D eigenvalue weighted by Gasteiger charge is -2.17. The first-order chi connectivity index (χ1) is 13.8. The Labute approximate surface area is 170 Å². The zero-order chi connectivity index (χ0) is 21.2. The first kappa shape index (κ1) is 20.9. The summed E-state index contributed by atoms with van der Waals surface area (Å²) in [6, 6.07) is 8.21. The van der Waals surface area contributed by atoms with Crippen LogP contribution in [0.5, 0.6) is 17.2 Å². The largest absolute Gasteiger partial charge is 0.493 e. The summed E-state index contributed by atoms with van der Waals surface area (Å²) >= 11 is 0. The Kier molecular flexibility index (Phi) is 5.99. The van der Waals surface area contributed by atoms with Crippen molar-refractivity contribution in [1.82, 2.24) is 4.72 Å². The van der Waals surface area contributed by atoms with Gasteiger partial charge in [0, 0.05) is 31.3 Å². The van der Waals surface area contributed by atoms with Crippen molar-refractivity contribution in [1.29, 1.82) is 0 Å². The number of nitrogens with zero attached hydrogens (tertiary/aromatic N) is 1. The maximum absolute atomic E-state index is 12.8. The predicted octanol–water partition coefficient (Wildman–Crippen LogP) is 2.10. The van der Waals surface area contributed by atoms with E-state index in [1.54, 1.807) is 29.2 Å². The number of methoxy groups -OCH3 is 3. The van der Waals surface area contributed by atoms with Gasteiger partial charge in [0.2, 0.25) is 21.7 Å². The monoisotopic (exact) mass is 420 g/mol. The van der Waals surface area contributed by atoms with Crippen molar-refractivity contribution in [3.63, 3.8) is 0 Å². The van der Waals surface area contributed by atoms with Gasteiger partial charge >= 0.3 is 0 Å². The van der Waals surface area contributed by atoms with E-state index in [2.05, 4.69) is 4.72 Å². The summed E-state index contributed by atoms with van der Waals surface area (Å²) in [6.45, 7) is 2.07. The van der Waals surface area contributed by atoms with E-state index in [0.717, 1.165) is 11.3 Å². The molecule has 156 valence electrons. The molecule has 0 saturated carbocycles. The summed E-state index contributed by atoms with van der Waals surface area (Å²) in [5, 5.41) is 0. The van der Waals surface area contributed by atoms with E-state index in [4.69, 9.17) is 14.2 Å². The van der Waals surface area contributed by atoms with Crippen LogP contribution in [0.4, 0.5) is 5.69 Å². The zero-order valence-corrected chi connectivity index (χ0v) is 17.6. The SMILES string of the molecule is COc1ccc(CNS(=O)(=O)c2ccc3c(c2)CCN3C(C)=O)c(OC)c1OC. The van der Waals surface area contributed by atoms with Crippen LogP contribution in [-0.4, -0.2) is 42.2 Å². The van der Waals surface area contributed by atoms with Gasteiger partial charge in [-0.2, -0.15) is 0 Å². The molecule has 1 heterocycles. The van der Waals surface area contributed by atoms with Crippen molar-refractivity contribution in [2.24, 2.45) is 0 Å². The Morgan fingerprint density at radius 1 is 1.07 bits per heavy atom. The maximum atomic E-state index is 12.8. The lowest BCUT2D eigenvalue weighted by atomic mass is 10.1. The van der Waals surface area contributed by atoms with Crippen LogP contribution in [0.15, 0.2) is 35.2 Å². The number of carbonyl (C=O) groups is 1. The fourth-order valence-corrected chi connectivity index (χ4v) is 4.49. The van der Waals surface area contributed by atoms with Gasteiger partial charge in [-0.15, -0.1) is 0 Å². The Balaban J connectivity index is 1.84. The fourth-order valence-electron chi connectivity index (χ4n) is 3.43. The third kappa shape index (κ3) is 4.01. The smallest absolute Gasteiger partial charge is 0.240 e. The third-order valence-electron chi connectivity index (χ3n) is 4.88. The molecule has 0 unspecified atom stereocenters. The van der Waals surface area contributed by atoms with Crippen LogP contribution in [0.3, 0.4) is 0 Å². The van der Waals surface area contributed by atoms with Crippen LogP contribution in [0.2, 0.25) is 0 Å². The standard InChI is InChI=1S/C20H24N2O6S/c1-13(23)22-10-9-14-11-16(6-7-17(14)22)29(24,25)21-12-15-5-8-18(26-2)20(28-4)19(15)27-3/h5-8,11,21H,9-10,12H2,1-4H3. The molecule has 1 aliphatic heterocycles. The van der Waals surface area contributed by atoms with Crippen LogP contribution in [-0.2, 0) is 27.8 Å². The van der Waals surface area contributed by atoms with Crippen molar-refractivity contribution in [2.45, 2.75) is 24.8 Å². The van der Waals surface area contributed by atoms with E-state index < -0.39 is 10.0 Å². The first-order valence-electron chi connectivity index (χ1n) is 9.01. The van der Waals surface area contributed by atoms with Gasteiger partial charge in [0.15, 0.2) is 11.5 Å². The number of fused-ring (bicyclic) bond motifs is 1. The summed E-state index contributed by atoms with van der Waals surface area (Å²) in [5.74, 6) is 1.23. The minimum absolute atomic E-state index is 0.0164. The summed E-state index contributed by atoms with van der Waals surface area (Å²) in [7, 11) is 0.728. The Hall–Kier alpha value is -2.78. The summed E-state index contributed by atoms with van der Waals surface area (Å²) < 4.78 is 44.2. The van der Waals surface area contributed by atoms with Gasteiger partial charge in [-0.05, 0) is 36.2 Å². The van der Waals surface area contributed by atoms with Gasteiger partial charge in [-0.25, -0.2) is 13.1 Å². The minimum atomic E-state index is -3.76. The number of hydrogen-bond donors (Lipinski definition) is 1. The summed E-state index contributed by atoms with van der Waals surface area (Å²) in [5.41, 5.74) is 2.21. The molecule has 0 fully saturated rings. The molecule has 8 nitrogen and oxygen atoms in total. The molecule has 29 heavy (non-hydrogen) atoms. The quantitative estimate of drug-likeness (QED) is 0.737. The van der Waals surface area contributed by atoms with Crippen molar-refractivity contribution < 1.29 is 27.4 Å². The second kappa shape index (κ2) is 8.30. The highest BCUT2D eigenvalue weighted by Gasteiger charge is 2.25. The Morgan fingerprint density at radius 2 is 1.79 bits per heavy atom. The molecule has 9 heteroatoms. The van der Waals surface area contributed by atoms with E-state index >= 15 is 0 Å². The zero-order valence-electron chi connectivity index (χ0n) is 16.8. The van der Waals surface area contributed by atoms with E-state index in [0.29, 0.717) is 35.8 Å². The molecular weight excluding hydrogens is 396 g/mol. The molecule has 0 radical (unpaired) electrons. The van der Waals surface area contributed by atoms with Crippen LogP contribution in [0, 0.1) is 0 Å². The predicted molar refractivity (Wildman–Crippen MR) is 108 cm³/mol. The number of hydrogen-bond acceptors (Lipinski definition) is 6. The van der Waals surface area contributed by atoms with Crippen molar-refractivity contribution in [3.05, 3.63) is 41.5 Å². The Morgan fingerprint density at radius 3 is 2.41 bits per heavy atom. The summed E-state index contributed by atoms with van der Waals surface area (Å²) in [4.78, 5) is 13.5. The van der Waals surface area contributed by atoms with Crippen molar-refractivity contribution in [2.75, 3.05) is 32.8 Å². The van der Waals surface area contributed by atoms with E-state index in [1.165, 1.54) is 34.3 Å². The van der Waals surface area contributed by atoms with E-state index in [1.807, 2.05) is 0 Å². The van der Waals surface area contributed by atoms with Gasteiger partial charge in [0.05, 0.1) is 26.2 Å². The van der Waals surface area contributed by atoms with Gasteiger partial charge in [-0.3, -0.25) is 4.79 Å². The molecule has 0 aliphatic carbocycles. The number of amides is 1. The third-order valence-corrected chi connectivity index (χ3v) is 6.27. The highest BCUT2D eigenvalue weighted by molar-refractivity contribution is 7.89. The molecule has 1 aliphatic rings. The topological polar surface area (TPSA) is 94.2 Å². The molecule has 0 atom stereocenters. The van der Waals surface area contributed by atoms with Crippen LogP contribution >= 0.6 is 0 Å². The normalized spacial score (nSPS) is 13.2. The lowest BCUT2D eigenvalue weighted by Crippen LogP contribution is -2.26. The van der Waals surface area contributed by atoms with Crippen molar-refractivity contribution >= 4 is 21.6 Å². The van der Waals surface area contributed by atoms with Crippen LogP contribution in [0.1, 0.15) is 18.1 Å². The molecule has 0 spiro atoms. The van der Waals surface area contributed by atoms with Gasteiger partial charge in [0.25, 0.3) is 0 Å². The molecule has 0 saturated heterocycles. The fraction of sp³-hybridized carbons (Fsp3) is 0.350. The second-order valence-electron chi connectivity index (χ2n) is 6.53. The number of benzene rings is 2. The lowest BCUT2D eigenvalue weighted by molar-refractivity contribution is -0.116. The Bertz CT molecular complexity index is 1040. The van der Waals surface area contributed by atoms with Gasteiger partial charge < -0.3 is 19.1 Å².